The van der Waals surface area contributed by atoms with Crippen molar-refractivity contribution in [2.24, 2.45) is 10.7 Å². The second kappa shape index (κ2) is 11.7. The molecule has 0 atom stereocenters. The normalized spacial score (nSPS) is 17.4. The minimum Gasteiger partial charge on any atom is -0.386 e. The highest BCUT2D eigenvalue weighted by Crippen LogP contribution is 1.97. The van der Waals surface area contributed by atoms with Gasteiger partial charge < -0.3 is 10.5 Å². The first-order valence-electron chi connectivity index (χ1n) is 4.98. The third-order valence-corrected chi connectivity index (χ3v) is 2.46. The van der Waals surface area contributed by atoms with E-state index in [4.69, 9.17) is 22.1 Å². The Hall–Kier alpha value is 0.260. The van der Waals surface area contributed by atoms with Crippen LogP contribution in [-0.2, 0) is 4.74 Å². The Labute approximate surface area is 114 Å². The van der Waals surface area contributed by atoms with Crippen LogP contribution >= 0.6 is 36.4 Å². The molecule has 0 amide bonds. The number of alkyl halides is 1. The first-order valence-corrected chi connectivity index (χ1v) is 5.51. The number of nitrogens with zero attached hydrogens (tertiary/aromatic N) is 2. The first-order chi connectivity index (χ1) is 6.83. The topological polar surface area (TPSA) is 50.8 Å². The van der Waals surface area contributed by atoms with Gasteiger partial charge >= 0.3 is 0 Å². The lowest BCUT2D eigenvalue weighted by Gasteiger charge is -2.26. The van der Waals surface area contributed by atoms with Crippen LogP contribution in [0.25, 0.3) is 0 Å². The summed E-state index contributed by atoms with van der Waals surface area (Å²) >= 11 is 5.50. The van der Waals surface area contributed by atoms with Crippen molar-refractivity contribution in [1.29, 1.82) is 0 Å². The second-order valence-electron chi connectivity index (χ2n) is 3.31. The van der Waals surface area contributed by atoms with Crippen molar-refractivity contribution in [3.8, 4) is 0 Å². The van der Waals surface area contributed by atoms with Gasteiger partial charge in [0.25, 0.3) is 0 Å². The number of hydrogen-bond donors (Lipinski definition) is 1. The molecule has 0 aliphatic carbocycles. The number of aliphatic imine (C=N–C) groups is 1. The number of nitrogens with two attached hydrogens (primary N) is 1. The predicted molar refractivity (Wildman–Crippen MR) is 73.6 cm³/mol. The zero-order valence-corrected chi connectivity index (χ0v) is 11.6. The van der Waals surface area contributed by atoms with Crippen LogP contribution in [0.3, 0.4) is 0 Å². The third kappa shape index (κ3) is 8.42. The van der Waals surface area contributed by atoms with E-state index in [-0.39, 0.29) is 24.8 Å². The average Bonchev–Trinajstić information content (AvgIpc) is 2.25. The molecule has 1 fully saturated rings. The Morgan fingerprint density at radius 3 is 2.50 bits per heavy atom. The van der Waals surface area contributed by atoms with Crippen molar-refractivity contribution in [2.75, 3.05) is 45.3 Å². The number of hydrogen-bond acceptors (Lipinski definition) is 3. The van der Waals surface area contributed by atoms with Gasteiger partial charge in [0.2, 0.25) is 0 Å². The summed E-state index contributed by atoms with van der Waals surface area (Å²) in [5, 5.41) is 0. The molecule has 98 valence electrons. The summed E-state index contributed by atoms with van der Waals surface area (Å²) in [6, 6.07) is 0. The molecule has 0 bridgehead atoms. The lowest BCUT2D eigenvalue weighted by atomic mass is 10.3. The molecule has 7 heteroatoms. The third-order valence-electron chi connectivity index (χ3n) is 2.19. The molecule has 1 saturated heterocycles. The molecule has 1 aliphatic heterocycles. The predicted octanol–water partition coefficient (Wildman–Crippen LogP) is 1.15. The van der Waals surface area contributed by atoms with E-state index >= 15 is 0 Å². The smallest absolute Gasteiger partial charge is 0.109 e. The van der Waals surface area contributed by atoms with Crippen LogP contribution in [0, 0.1) is 0 Å². The van der Waals surface area contributed by atoms with Crippen molar-refractivity contribution in [1.82, 2.24) is 4.90 Å². The Kier molecular flexibility index (Phi) is 13.7. The first kappa shape index (κ1) is 18.6. The van der Waals surface area contributed by atoms with E-state index in [1.165, 1.54) is 0 Å². The largest absolute Gasteiger partial charge is 0.386 e. The van der Waals surface area contributed by atoms with Gasteiger partial charge in [0.1, 0.15) is 5.84 Å². The molecular formula is C9H20Cl3N3O. The number of rotatable bonds is 5. The molecule has 1 aliphatic rings. The summed E-state index contributed by atoms with van der Waals surface area (Å²) in [5.74, 6) is 0.867. The molecule has 0 aromatic heterocycles. The van der Waals surface area contributed by atoms with Gasteiger partial charge in [-0.1, -0.05) is 0 Å². The van der Waals surface area contributed by atoms with E-state index in [2.05, 4.69) is 9.89 Å². The molecule has 1 rings (SSSR count). The van der Waals surface area contributed by atoms with E-state index in [9.17, 15) is 0 Å². The molecular weight excluding hydrogens is 272 g/mol. The molecule has 0 saturated carbocycles. The van der Waals surface area contributed by atoms with E-state index in [0.717, 1.165) is 45.8 Å². The maximum absolute atomic E-state index is 5.50. The van der Waals surface area contributed by atoms with Crippen molar-refractivity contribution >= 4 is 42.3 Å². The maximum Gasteiger partial charge on any atom is 0.109 e. The summed E-state index contributed by atoms with van der Waals surface area (Å²) in [5.41, 5.74) is 5.48. The standard InChI is InChI=1S/C9H18ClN3O.2ClH/c10-8-9(11)12-2-1-3-13-4-6-14-7-5-13;;/h1-8H2,(H2,11,12);2*1H. The molecule has 2 N–H and O–H groups in total. The van der Waals surface area contributed by atoms with E-state index < -0.39 is 0 Å². The lowest BCUT2D eigenvalue weighted by Crippen LogP contribution is -2.37. The number of halogens is 3. The van der Waals surface area contributed by atoms with Gasteiger partial charge in [-0.2, -0.15) is 0 Å². The molecule has 0 unspecified atom stereocenters. The Bertz CT molecular complexity index is 187. The van der Waals surface area contributed by atoms with Crippen LogP contribution in [-0.4, -0.2) is 56.0 Å². The van der Waals surface area contributed by atoms with Crippen molar-refractivity contribution in [2.45, 2.75) is 6.42 Å². The summed E-state index contributed by atoms with van der Waals surface area (Å²) < 4.78 is 5.25. The fourth-order valence-electron chi connectivity index (χ4n) is 1.38. The van der Waals surface area contributed by atoms with Crippen LogP contribution in [0.5, 0.6) is 0 Å². The number of ether oxygens (including phenoxy) is 1. The summed E-state index contributed by atoms with van der Waals surface area (Å²) in [6.45, 7) is 5.63. The fourth-order valence-corrected chi connectivity index (χ4v) is 1.47. The highest BCUT2D eigenvalue weighted by Gasteiger charge is 2.08. The van der Waals surface area contributed by atoms with E-state index in [0.29, 0.717) is 11.7 Å². The SMILES string of the molecule is Cl.Cl.NC(CCl)=NCCCN1CCOCC1. The molecule has 0 aromatic carbocycles. The van der Waals surface area contributed by atoms with Gasteiger partial charge in [0.05, 0.1) is 19.1 Å². The van der Waals surface area contributed by atoms with Gasteiger partial charge in [-0.15, -0.1) is 36.4 Å². The monoisotopic (exact) mass is 291 g/mol. The summed E-state index contributed by atoms with van der Waals surface area (Å²) in [7, 11) is 0. The van der Waals surface area contributed by atoms with Gasteiger partial charge in [-0.25, -0.2) is 0 Å². The fraction of sp³-hybridized carbons (Fsp3) is 0.889. The van der Waals surface area contributed by atoms with E-state index in [1.54, 1.807) is 0 Å². The Morgan fingerprint density at radius 2 is 1.94 bits per heavy atom. The van der Waals surface area contributed by atoms with Gasteiger partial charge in [0, 0.05) is 26.2 Å². The zero-order chi connectivity index (χ0) is 10.2. The minimum absolute atomic E-state index is 0. The van der Waals surface area contributed by atoms with Crippen LogP contribution in [0.2, 0.25) is 0 Å². The summed E-state index contributed by atoms with van der Waals surface area (Å²) in [4.78, 5) is 6.52. The zero-order valence-electron chi connectivity index (χ0n) is 9.23. The second-order valence-corrected chi connectivity index (χ2v) is 3.58. The molecule has 4 nitrogen and oxygen atoms in total. The average molecular weight is 293 g/mol. The van der Waals surface area contributed by atoms with E-state index in [1.807, 2.05) is 0 Å². The molecule has 1 heterocycles. The Balaban J connectivity index is 0. The highest BCUT2D eigenvalue weighted by atomic mass is 35.5. The van der Waals surface area contributed by atoms with Crippen molar-refractivity contribution in [3.63, 3.8) is 0 Å². The highest BCUT2D eigenvalue weighted by molar-refractivity contribution is 6.27. The van der Waals surface area contributed by atoms with Crippen molar-refractivity contribution in [3.05, 3.63) is 0 Å². The quantitative estimate of drug-likeness (QED) is 0.358. The molecule has 0 aromatic rings. The van der Waals surface area contributed by atoms with Gasteiger partial charge in [-0.05, 0) is 6.42 Å². The number of morpholine rings is 1. The summed E-state index contributed by atoms with van der Waals surface area (Å²) in [6.07, 6.45) is 1.04. The Morgan fingerprint density at radius 1 is 1.31 bits per heavy atom. The maximum atomic E-state index is 5.50. The van der Waals surface area contributed by atoms with Crippen LogP contribution < -0.4 is 5.73 Å². The van der Waals surface area contributed by atoms with Gasteiger partial charge in [0.15, 0.2) is 0 Å². The van der Waals surface area contributed by atoms with Gasteiger partial charge in [-0.3, -0.25) is 9.89 Å². The minimum atomic E-state index is 0. The van der Waals surface area contributed by atoms with Crippen molar-refractivity contribution < 1.29 is 4.74 Å². The van der Waals surface area contributed by atoms with Crippen LogP contribution in [0.1, 0.15) is 6.42 Å². The molecule has 0 radical (unpaired) electrons. The lowest BCUT2D eigenvalue weighted by molar-refractivity contribution is 0.0377. The van der Waals surface area contributed by atoms with Crippen LogP contribution in [0.4, 0.5) is 0 Å². The molecule has 0 spiro atoms. The van der Waals surface area contributed by atoms with Crippen LogP contribution in [0.15, 0.2) is 4.99 Å². The number of amidine groups is 1. The molecule has 16 heavy (non-hydrogen) atoms.